The van der Waals surface area contributed by atoms with Gasteiger partial charge in [0.25, 0.3) is 0 Å². The highest BCUT2D eigenvalue weighted by Gasteiger charge is 2.35. The molecule has 2 aliphatic rings. The van der Waals surface area contributed by atoms with Crippen LogP contribution in [0.2, 0.25) is 0 Å². The van der Waals surface area contributed by atoms with Gasteiger partial charge in [-0.1, -0.05) is 0 Å². The molecule has 0 bridgehead atoms. The van der Waals surface area contributed by atoms with Crippen LogP contribution < -0.4 is 15.1 Å². The molecule has 2 aromatic rings. The van der Waals surface area contributed by atoms with Gasteiger partial charge in [0.05, 0.1) is 11.7 Å². The van der Waals surface area contributed by atoms with Crippen molar-refractivity contribution in [3.8, 4) is 0 Å². The van der Waals surface area contributed by atoms with Gasteiger partial charge in [0, 0.05) is 57.1 Å². The Morgan fingerprint density at radius 3 is 2.06 bits per heavy atom. The minimum absolute atomic E-state index is 0.0152. The van der Waals surface area contributed by atoms with E-state index in [4.69, 9.17) is 0 Å². The standard InChI is InChI=1S/C23H26F2N4O4S/c24-18-1-5-20(6-2-18)27-10-12-28(13-11-27)34(32,33)14-9-26-23(31)17-15-22(30)29(16-17)21-7-3-19(25)4-8-21/h1-8,17H,9-16H2,(H,26,31). The molecule has 2 amide bonds. The third-order valence-corrected chi connectivity index (χ3v) is 7.99. The van der Waals surface area contributed by atoms with E-state index in [-0.39, 0.29) is 42.9 Å². The lowest BCUT2D eigenvalue weighted by Gasteiger charge is -2.35. The second-order valence-electron chi connectivity index (χ2n) is 8.35. The molecule has 1 unspecified atom stereocenters. The molecule has 1 atom stereocenters. The van der Waals surface area contributed by atoms with Gasteiger partial charge < -0.3 is 15.1 Å². The molecule has 0 aliphatic carbocycles. The number of hydrogen-bond donors (Lipinski definition) is 1. The summed E-state index contributed by atoms with van der Waals surface area (Å²) < 4.78 is 53.0. The van der Waals surface area contributed by atoms with E-state index in [0.717, 1.165) is 5.69 Å². The van der Waals surface area contributed by atoms with Gasteiger partial charge in [-0.05, 0) is 48.5 Å². The molecule has 0 radical (unpaired) electrons. The van der Waals surface area contributed by atoms with E-state index in [9.17, 15) is 26.8 Å². The summed E-state index contributed by atoms with van der Waals surface area (Å²) >= 11 is 0. The Morgan fingerprint density at radius 2 is 1.47 bits per heavy atom. The molecule has 0 spiro atoms. The number of piperazine rings is 1. The largest absolute Gasteiger partial charge is 0.369 e. The highest BCUT2D eigenvalue weighted by Crippen LogP contribution is 2.25. The summed E-state index contributed by atoms with van der Waals surface area (Å²) in [5.74, 6) is -2.19. The number of carbonyl (C=O) groups is 2. The molecule has 1 N–H and O–H groups in total. The minimum Gasteiger partial charge on any atom is -0.369 e. The Morgan fingerprint density at radius 1 is 0.912 bits per heavy atom. The lowest BCUT2D eigenvalue weighted by Crippen LogP contribution is -2.50. The van der Waals surface area contributed by atoms with Crippen LogP contribution in [-0.2, 0) is 19.6 Å². The van der Waals surface area contributed by atoms with Crippen LogP contribution in [0.25, 0.3) is 0 Å². The van der Waals surface area contributed by atoms with Crippen LogP contribution in [0.3, 0.4) is 0 Å². The number of amides is 2. The lowest BCUT2D eigenvalue weighted by molar-refractivity contribution is -0.126. The predicted octanol–water partition coefficient (Wildman–Crippen LogP) is 1.59. The number of rotatable bonds is 7. The first-order valence-electron chi connectivity index (χ1n) is 11.0. The van der Waals surface area contributed by atoms with Crippen LogP contribution in [-0.4, -0.2) is 69.6 Å². The predicted molar refractivity (Wildman–Crippen MR) is 124 cm³/mol. The molecule has 4 rings (SSSR count). The van der Waals surface area contributed by atoms with E-state index >= 15 is 0 Å². The van der Waals surface area contributed by atoms with Gasteiger partial charge >= 0.3 is 0 Å². The first-order valence-corrected chi connectivity index (χ1v) is 12.7. The van der Waals surface area contributed by atoms with Crippen molar-refractivity contribution in [3.63, 3.8) is 0 Å². The van der Waals surface area contributed by atoms with Crippen LogP contribution >= 0.6 is 0 Å². The van der Waals surface area contributed by atoms with Crippen LogP contribution in [0.15, 0.2) is 48.5 Å². The number of anilines is 2. The molecule has 2 aliphatic heterocycles. The van der Waals surface area contributed by atoms with E-state index in [1.165, 1.54) is 45.6 Å². The van der Waals surface area contributed by atoms with E-state index < -0.39 is 21.8 Å². The molecule has 2 heterocycles. The molecule has 182 valence electrons. The summed E-state index contributed by atoms with van der Waals surface area (Å²) in [6, 6.07) is 11.5. The van der Waals surface area contributed by atoms with Crippen LogP contribution in [0.1, 0.15) is 6.42 Å². The normalized spacial score (nSPS) is 19.5. The smallest absolute Gasteiger partial charge is 0.227 e. The third kappa shape index (κ3) is 5.53. The van der Waals surface area contributed by atoms with Crippen LogP contribution in [0.5, 0.6) is 0 Å². The van der Waals surface area contributed by atoms with E-state index in [1.807, 2.05) is 4.90 Å². The van der Waals surface area contributed by atoms with Gasteiger partial charge in [-0.3, -0.25) is 9.59 Å². The monoisotopic (exact) mass is 492 g/mol. The third-order valence-electron chi connectivity index (χ3n) is 6.12. The number of nitrogens with zero attached hydrogens (tertiary/aromatic N) is 3. The van der Waals surface area contributed by atoms with Gasteiger partial charge in [0.1, 0.15) is 11.6 Å². The first-order chi connectivity index (χ1) is 16.2. The first kappa shape index (κ1) is 24.1. The summed E-state index contributed by atoms with van der Waals surface area (Å²) in [5.41, 5.74) is 1.36. The van der Waals surface area contributed by atoms with E-state index in [2.05, 4.69) is 5.32 Å². The Bertz CT molecular complexity index is 1130. The summed E-state index contributed by atoms with van der Waals surface area (Å²) in [5, 5.41) is 2.63. The highest BCUT2D eigenvalue weighted by molar-refractivity contribution is 7.89. The lowest BCUT2D eigenvalue weighted by atomic mass is 10.1. The summed E-state index contributed by atoms with van der Waals surface area (Å²) in [6.45, 7) is 1.69. The molecule has 0 aromatic heterocycles. The number of benzene rings is 2. The summed E-state index contributed by atoms with van der Waals surface area (Å²) in [6.07, 6.45) is 0.0152. The SMILES string of the molecule is O=C(NCCS(=O)(=O)N1CCN(c2ccc(F)cc2)CC1)C1CC(=O)N(c2ccc(F)cc2)C1. The van der Waals surface area contributed by atoms with Crippen molar-refractivity contribution in [2.24, 2.45) is 5.92 Å². The molecule has 2 fully saturated rings. The zero-order valence-electron chi connectivity index (χ0n) is 18.5. The second kappa shape index (κ2) is 10.1. The van der Waals surface area contributed by atoms with Crippen molar-refractivity contribution in [1.29, 1.82) is 0 Å². The van der Waals surface area contributed by atoms with E-state index in [0.29, 0.717) is 31.9 Å². The number of halogens is 2. The van der Waals surface area contributed by atoms with Gasteiger partial charge in [-0.15, -0.1) is 0 Å². The zero-order valence-corrected chi connectivity index (χ0v) is 19.3. The summed E-state index contributed by atoms with van der Waals surface area (Å²) in [7, 11) is -3.56. The maximum atomic E-state index is 13.1. The number of sulfonamides is 1. The average Bonchev–Trinajstić information content (AvgIpc) is 3.22. The van der Waals surface area contributed by atoms with Gasteiger partial charge in [0.15, 0.2) is 0 Å². The van der Waals surface area contributed by atoms with Crippen molar-refractivity contribution in [3.05, 3.63) is 60.2 Å². The van der Waals surface area contributed by atoms with Crippen molar-refractivity contribution in [2.45, 2.75) is 6.42 Å². The quantitative estimate of drug-likeness (QED) is 0.634. The minimum atomic E-state index is -3.56. The Kier molecular flexibility index (Phi) is 7.13. The Balaban J connectivity index is 1.23. The maximum Gasteiger partial charge on any atom is 0.227 e. The zero-order chi connectivity index (χ0) is 24.3. The van der Waals surface area contributed by atoms with Crippen molar-refractivity contribution >= 4 is 33.2 Å². The number of nitrogens with one attached hydrogen (secondary N) is 1. The number of carbonyl (C=O) groups excluding carboxylic acids is 2. The Hall–Kier alpha value is -3.05. The fourth-order valence-electron chi connectivity index (χ4n) is 4.21. The molecule has 2 aromatic carbocycles. The fourth-order valence-corrected chi connectivity index (χ4v) is 5.54. The highest BCUT2D eigenvalue weighted by atomic mass is 32.2. The average molecular weight is 493 g/mol. The van der Waals surface area contributed by atoms with Gasteiger partial charge in [-0.25, -0.2) is 17.2 Å². The van der Waals surface area contributed by atoms with Crippen molar-refractivity contribution < 1.29 is 26.8 Å². The Labute approximate surface area is 197 Å². The van der Waals surface area contributed by atoms with Gasteiger partial charge in [-0.2, -0.15) is 4.31 Å². The molecule has 8 nitrogen and oxygen atoms in total. The molecular weight excluding hydrogens is 466 g/mol. The summed E-state index contributed by atoms with van der Waals surface area (Å²) in [4.78, 5) is 28.2. The van der Waals surface area contributed by atoms with E-state index in [1.54, 1.807) is 12.1 Å². The van der Waals surface area contributed by atoms with Gasteiger partial charge in [0.2, 0.25) is 21.8 Å². The molecule has 2 saturated heterocycles. The van der Waals surface area contributed by atoms with Crippen molar-refractivity contribution in [1.82, 2.24) is 9.62 Å². The van der Waals surface area contributed by atoms with Crippen LogP contribution in [0.4, 0.5) is 20.2 Å². The molecular formula is C23H26F2N4O4S. The van der Waals surface area contributed by atoms with Crippen LogP contribution in [0, 0.1) is 17.6 Å². The molecule has 11 heteroatoms. The molecule has 0 saturated carbocycles. The topological polar surface area (TPSA) is 90.0 Å². The maximum absolute atomic E-state index is 13.1. The fraction of sp³-hybridized carbons (Fsp3) is 0.391. The van der Waals surface area contributed by atoms with Crippen molar-refractivity contribution in [2.75, 3.05) is 54.8 Å². The number of hydrogen-bond acceptors (Lipinski definition) is 5. The molecule has 34 heavy (non-hydrogen) atoms. The second-order valence-corrected chi connectivity index (χ2v) is 10.4.